The summed E-state index contributed by atoms with van der Waals surface area (Å²) in [5.74, 6) is -0.901. The van der Waals surface area contributed by atoms with Crippen LogP contribution < -0.4 is 10.2 Å². The molecule has 1 aromatic rings. The molecule has 0 aliphatic carbocycles. The molecule has 1 aliphatic heterocycles. The molecule has 0 atom stereocenters. The van der Waals surface area contributed by atoms with Gasteiger partial charge in [-0.15, -0.1) is 0 Å². The van der Waals surface area contributed by atoms with Crippen LogP contribution in [0.15, 0.2) is 24.3 Å². The van der Waals surface area contributed by atoms with Crippen LogP contribution in [0.5, 0.6) is 0 Å². The van der Waals surface area contributed by atoms with Crippen molar-refractivity contribution in [1.82, 2.24) is 10.2 Å². The van der Waals surface area contributed by atoms with E-state index in [-0.39, 0.29) is 19.0 Å². The van der Waals surface area contributed by atoms with E-state index in [4.69, 9.17) is 5.11 Å². The summed E-state index contributed by atoms with van der Waals surface area (Å²) < 4.78 is 0. The number of carbonyl (C=O) groups is 2. The number of carboxylic acid groups (broad SMARTS) is 1. The van der Waals surface area contributed by atoms with E-state index >= 15 is 0 Å². The highest BCUT2D eigenvalue weighted by atomic mass is 16.4. The standard InChI is InChI=1S/C15H21N3O3/c1-12-4-2-3-5-13(12)18(9-6-14(19)20)15(21)17-10-7-16-8-11-17/h2-5,16H,6-11H2,1H3,(H,19,20). The van der Waals surface area contributed by atoms with E-state index in [9.17, 15) is 9.59 Å². The van der Waals surface area contributed by atoms with Crippen LogP contribution in [0.2, 0.25) is 0 Å². The number of anilines is 1. The molecule has 2 N–H and O–H groups in total. The number of urea groups is 1. The van der Waals surface area contributed by atoms with Gasteiger partial charge in [-0.2, -0.15) is 0 Å². The molecule has 0 unspecified atom stereocenters. The zero-order valence-electron chi connectivity index (χ0n) is 12.2. The number of piperazine rings is 1. The topological polar surface area (TPSA) is 72.9 Å². The summed E-state index contributed by atoms with van der Waals surface area (Å²) in [7, 11) is 0. The van der Waals surface area contributed by atoms with Gasteiger partial charge in [-0.3, -0.25) is 9.69 Å². The minimum Gasteiger partial charge on any atom is -0.481 e. The van der Waals surface area contributed by atoms with Gasteiger partial charge in [0, 0.05) is 38.4 Å². The van der Waals surface area contributed by atoms with E-state index in [1.165, 1.54) is 0 Å². The zero-order chi connectivity index (χ0) is 15.2. The lowest BCUT2D eigenvalue weighted by Gasteiger charge is -2.33. The van der Waals surface area contributed by atoms with Crippen LogP contribution in [0, 0.1) is 6.92 Å². The van der Waals surface area contributed by atoms with E-state index in [0.29, 0.717) is 13.1 Å². The molecular formula is C15H21N3O3. The van der Waals surface area contributed by atoms with Crippen LogP contribution >= 0.6 is 0 Å². The highest BCUT2D eigenvalue weighted by Crippen LogP contribution is 2.21. The molecule has 0 aromatic heterocycles. The first-order chi connectivity index (χ1) is 10.1. The molecule has 1 heterocycles. The maximum Gasteiger partial charge on any atom is 0.324 e. The number of amides is 2. The maximum atomic E-state index is 12.7. The summed E-state index contributed by atoms with van der Waals surface area (Å²) in [4.78, 5) is 26.9. The molecule has 114 valence electrons. The van der Waals surface area contributed by atoms with Crippen molar-refractivity contribution in [3.63, 3.8) is 0 Å². The second-order valence-corrected chi connectivity index (χ2v) is 5.10. The fraction of sp³-hybridized carbons (Fsp3) is 0.467. The van der Waals surface area contributed by atoms with Crippen molar-refractivity contribution in [3.05, 3.63) is 29.8 Å². The summed E-state index contributed by atoms with van der Waals surface area (Å²) in [5.41, 5.74) is 1.74. The molecule has 1 aromatic carbocycles. The molecular weight excluding hydrogens is 270 g/mol. The molecule has 1 aliphatic rings. The van der Waals surface area contributed by atoms with Crippen LogP contribution in [0.25, 0.3) is 0 Å². The van der Waals surface area contributed by atoms with E-state index in [1.807, 2.05) is 31.2 Å². The van der Waals surface area contributed by atoms with Gasteiger partial charge in [-0.1, -0.05) is 18.2 Å². The smallest absolute Gasteiger partial charge is 0.324 e. The Balaban J connectivity index is 2.20. The predicted octanol–water partition coefficient (Wildman–Crippen LogP) is 1.30. The lowest BCUT2D eigenvalue weighted by molar-refractivity contribution is -0.136. The van der Waals surface area contributed by atoms with Gasteiger partial charge in [0.1, 0.15) is 0 Å². The Morgan fingerprint density at radius 1 is 1.29 bits per heavy atom. The number of aryl methyl sites for hydroxylation is 1. The average molecular weight is 291 g/mol. The van der Waals surface area contributed by atoms with Crippen molar-refractivity contribution in [1.29, 1.82) is 0 Å². The Labute approximate surface area is 124 Å². The first-order valence-corrected chi connectivity index (χ1v) is 7.14. The minimum absolute atomic E-state index is 0.0633. The van der Waals surface area contributed by atoms with Crippen molar-refractivity contribution < 1.29 is 14.7 Å². The monoisotopic (exact) mass is 291 g/mol. The third-order valence-electron chi connectivity index (χ3n) is 3.57. The third-order valence-corrected chi connectivity index (χ3v) is 3.57. The number of carbonyl (C=O) groups excluding carboxylic acids is 1. The Morgan fingerprint density at radius 2 is 1.95 bits per heavy atom. The molecule has 2 amide bonds. The van der Waals surface area contributed by atoms with Gasteiger partial charge in [-0.25, -0.2) is 4.79 Å². The molecule has 1 fully saturated rings. The first kappa shape index (κ1) is 15.3. The second-order valence-electron chi connectivity index (χ2n) is 5.10. The SMILES string of the molecule is Cc1ccccc1N(CCC(=O)O)C(=O)N1CCNCC1. The Hall–Kier alpha value is -2.08. The number of carboxylic acids is 1. The fourth-order valence-corrected chi connectivity index (χ4v) is 2.42. The van der Waals surface area contributed by atoms with E-state index in [2.05, 4.69) is 5.32 Å². The van der Waals surface area contributed by atoms with Crippen LogP contribution in [0.4, 0.5) is 10.5 Å². The number of nitrogens with one attached hydrogen (secondary N) is 1. The zero-order valence-corrected chi connectivity index (χ0v) is 12.2. The van der Waals surface area contributed by atoms with Gasteiger partial charge in [0.05, 0.1) is 6.42 Å². The van der Waals surface area contributed by atoms with Crippen molar-refractivity contribution >= 4 is 17.7 Å². The van der Waals surface area contributed by atoms with Crippen LogP contribution in [0.3, 0.4) is 0 Å². The van der Waals surface area contributed by atoms with Crippen molar-refractivity contribution in [2.24, 2.45) is 0 Å². The van der Waals surface area contributed by atoms with Gasteiger partial charge in [0.15, 0.2) is 0 Å². The van der Waals surface area contributed by atoms with Crippen molar-refractivity contribution in [3.8, 4) is 0 Å². The molecule has 0 radical (unpaired) electrons. The summed E-state index contributed by atoms with van der Waals surface area (Å²) in [6.45, 7) is 4.94. The number of hydrogen-bond acceptors (Lipinski definition) is 3. The number of hydrogen-bond donors (Lipinski definition) is 2. The molecule has 0 spiro atoms. The number of benzene rings is 1. The quantitative estimate of drug-likeness (QED) is 0.877. The highest BCUT2D eigenvalue weighted by Gasteiger charge is 2.24. The van der Waals surface area contributed by atoms with Crippen molar-refractivity contribution in [2.45, 2.75) is 13.3 Å². The van der Waals surface area contributed by atoms with Crippen LogP contribution in [-0.2, 0) is 4.79 Å². The molecule has 1 saturated heterocycles. The number of rotatable bonds is 4. The maximum absolute atomic E-state index is 12.7. The number of aliphatic carboxylic acids is 1. The highest BCUT2D eigenvalue weighted by molar-refractivity contribution is 5.93. The van der Waals surface area contributed by atoms with Gasteiger partial charge >= 0.3 is 12.0 Å². The second kappa shape index (κ2) is 7.08. The molecule has 0 saturated carbocycles. The van der Waals surface area contributed by atoms with Gasteiger partial charge in [0.2, 0.25) is 0 Å². The summed E-state index contributed by atoms with van der Waals surface area (Å²) in [6, 6.07) is 7.43. The average Bonchev–Trinajstić information content (AvgIpc) is 2.49. The van der Waals surface area contributed by atoms with Crippen LogP contribution in [0.1, 0.15) is 12.0 Å². The van der Waals surface area contributed by atoms with Crippen molar-refractivity contribution in [2.75, 3.05) is 37.6 Å². The third kappa shape index (κ3) is 3.95. The predicted molar refractivity (Wildman–Crippen MR) is 80.6 cm³/mol. The summed E-state index contributed by atoms with van der Waals surface area (Å²) in [5, 5.41) is 12.1. The van der Waals surface area contributed by atoms with E-state index in [0.717, 1.165) is 24.3 Å². The summed E-state index contributed by atoms with van der Waals surface area (Å²) in [6.07, 6.45) is -0.0633. The Morgan fingerprint density at radius 3 is 2.57 bits per heavy atom. The lowest BCUT2D eigenvalue weighted by atomic mass is 10.1. The van der Waals surface area contributed by atoms with Gasteiger partial charge in [-0.05, 0) is 18.6 Å². The fourth-order valence-electron chi connectivity index (χ4n) is 2.42. The first-order valence-electron chi connectivity index (χ1n) is 7.14. The van der Waals surface area contributed by atoms with Crippen LogP contribution in [-0.4, -0.2) is 54.7 Å². The van der Waals surface area contributed by atoms with E-state index < -0.39 is 5.97 Å². The van der Waals surface area contributed by atoms with E-state index in [1.54, 1.807) is 9.80 Å². The normalized spacial score (nSPS) is 14.8. The largest absolute Gasteiger partial charge is 0.481 e. The number of para-hydroxylation sites is 1. The molecule has 21 heavy (non-hydrogen) atoms. The Kier molecular flexibility index (Phi) is 5.16. The Bertz CT molecular complexity index is 513. The summed E-state index contributed by atoms with van der Waals surface area (Å²) >= 11 is 0. The van der Waals surface area contributed by atoms with Gasteiger partial charge in [0.25, 0.3) is 0 Å². The minimum atomic E-state index is -0.901. The molecule has 6 nitrogen and oxygen atoms in total. The lowest BCUT2D eigenvalue weighted by Crippen LogP contribution is -2.52. The molecule has 6 heteroatoms. The van der Waals surface area contributed by atoms with Gasteiger partial charge < -0.3 is 15.3 Å². The molecule has 0 bridgehead atoms. The number of nitrogens with zero attached hydrogens (tertiary/aromatic N) is 2. The molecule has 2 rings (SSSR count).